The number of nitrogens with zero attached hydrogens (tertiary/aromatic N) is 1. The Balaban J connectivity index is 1.98. The normalized spacial score (nSPS) is 19.0. The van der Waals surface area contributed by atoms with E-state index in [1.54, 1.807) is 6.07 Å². The Morgan fingerprint density at radius 1 is 1.37 bits per heavy atom. The molecule has 106 valence electrons. The van der Waals surface area contributed by atoms with E-state index >= 15 is 0 Å². The zero-order valence-corrected chi connectivity index (χ0v) is 9.90. The predicted molar refractivity (Wildman–Crippen MR) is 59.4 cm³/mol. The van der Waals surface area contributed by atoms with Gasteiger partial charge in [-0.05, 0) is 17.7 Å². The summed E-state index contributed by atoms with van der Waals surface area (Å²) in [5.74, 6) is 0.0196. The van der Waals surface area contributed by atoms with E-state index in [1.165, 1.54) is 23.1 Å². The van der Waals surface area contributed by atoms with Crippen LogP contribution in [0.5, 0.6) is 5.75 Å². The second-order valence-electron chi connectivity index (χ2n) is 4.40. The summed E-state index contributed by atoms with van der Waals surface area (Å²) >= 11 is 0. The van der Waals surface area contributed by atoms with Crippen LogP contribution < -0.4 is 4.74 Å². The number of alkyl halides is 4. The van der Waals surface area contributed by atoms with Crippen LogP contribution in [0, 0.1) is 0 Å². The maximum atomic E-state index is 12.7. The Hall–Kier alpha value is -1.34. The fourth-order valence-corrected chi connectivity index (χ4v) is 1.80. The van der Waals surface area contributed by atoms with Gasteiger partial charge < -0.3 is 9.84 Å². The Morgan fingerprint density at radius 3 is 2.63 bits per heavy atom. The van der Waals surface area contributed by atoms with E-state index in [1.807, 2.05) is 0 Å². The fraction of sp³-hybridized carbons (Fsp3) is 0.500. The molecule has 2 rings (SSSR count). The van der Waals surface area contributed by atoms with Crippen LogP contribution in [0.15, 0.2) is 24.3 Å². The summed E-state index contributed by atoms with van der Waals surface area (Å²) in [5.41, 5.74) is 0.381. The number of aliphatic hydroxyl groups is 1. The molecule has 1 aromatic carbocycles. The molecule has 1 unspecified atom stereocenters. The van der Waals surface area contributed by atoms with Gasteiger partial charge in [0.05, 0.1) is 0 Å². The minimum atomic E-state index is -4.41. The Bertz CT molecular complexity index is 432. The van der Waals surface area contributed by atoms with Crippen LogP contribution in [0.2, 0.25) is 0 Å². The van der Waals surface area contributed by atoms with Crippen molar-refractivity contribution in [3.63, 3.8) is 0 Å². The highest BCUT2D eigenvalue weighted by atomic mass is 19.4. The minimum Gasteiger partial charge on any atom is -0.484 e. The van der Waals surface area contributed by atoms with Crippen molar-refractivity contribution in [1.29, 1.82) is 0 Å². The van der Waals surface area contributed by atoms with Gasteiger partial charge in [-0.3, -0.25) is 4.90 Å². The number of halogens is 4. The molecule has 1 aromatic rings. The third-order valence-corrected chi connectivity index (χ3v) is 2.77. The standard InChI is InChI=1S/C12H13F4NO2/c13-9-5-17(6-9)11(18)8-2-1-3-10(4-8)19-7-12(14,15)16/h1-4,9,11,18H,5-7H2. The molecule has 1 N–H and O–H groups in total. The highest BCUT2D eigenvalue weighted by Gasteiger charge is 2.32. The first-order valence-corrected chi connectivity index (χ1v) is 5.71. The van der Waals surface area contributed by atoms with Gasteiger partial charge >= 0.3 is 6.18 Å². The van der Waals surface area contributed by atoms with E-state index in [9.17, 15) is 22.7 Å². The fourth-order valence-electron chi connectivity index (χ4n) is 1.80. The number of rotatable bonds is 4. The van der Waals surface area contributed by atoms with Gasteiger partial charge in [-0.15, -0.1) is 0 Å². The number of ether oxygens (including phenoxy) is 1. The van der Waals surface area contributed by atoms with Crippen LogP contribution in [-0.4, -0.2) is 42.1 Å². The van der Waals surface area contributed by atoms with Crippen molar-refractivity contribution in [2.24, 2.45) is 0 Å². The van der Waals surface area contributed by atoms with Gasteiger partial charge in [0, 0.05) is 13.1 Å². The smallest absolute Gasteiger partial charge is 0.422 e. The van der Waals surface area contributed by atoms with Crippen molar-refractivity contribution in [2.75, 3.05) is 19.7 Å². The molecule has 0 bridgehead atoms. The van der Waals surface area contributed by atoms with Crippen molar-refractivity contribution < 1.29 is 27.4 Å². The van der Waals surface area contributed by atoms with E-state index < -0.39 is 25.2 Å². The van der Waals surface area contributed by atoms with Crippen molar-refractivity contribution in [3.05, 3.63) is 29.8 Å². The van der Waals surface area contributed by atoms with Crippen LogP contribution >= 0.6 is 0 Å². The average Bonchev–Trinajstić information content (AvgIpc) is 2.31. The first-order chi connectivity index (χ1) is 8.85. The van der Waals surface area contributed by atoms with Gasteiger partial charge in [0.2, 0.25) is 0 Å². The molecule has 1 atom stereocenters. The summed E-state index contributed by atoms with van der Waals surface area (Å²) in [6, 6.07) is 5.73. The van der Waals surface area contributed by atoms with Crippen LogP contribution in [0.1, 0.15) is 11.8 Å². The van der Waals surface area contributed by atoms with Gasteiger partial charge in [0.15, 0.2) is 6.61 Å². The Morgan fingerprint density at radius 2 is 2.05 bits per heavy atom. The zero-order valence-electron chi connectivity index (χ0n) is 9.90. The van der Waals surface area contributed by atoms with Gasteiger partial charge in [0.1, 0.15) is 18.1 Å². The van der Waals surface area contributed by atoms with Crippen LogP contribution in [-0.2, 0) is 0 Å². The van der Waals surface area contributed by atoms with Crippen molar-refractivity contribution in [3.8, 4) is 5.75 Å². The number of benzene rings is 1. The lowest BCUT2D eigenvalue weighted by Gasteiger charge is -2.38. The van der Waals surface area contributed by atoms with Crippen LogP contribution in [0.4, 0.5) is 17.6 Å². The SMILES string of the molecule is OC(c1cccc(OCC(F)(F)F)c1)N1CC(F)C1. The Labute approximate surface area is 107 Å². The second-order valence-corrected chi connectivity index (χ2v) is 4.40. The molecule has 1 aliphatic rings. The number of likely N-dealkylation sites (tertiary alicyclic amines) is 1. The molecule has 0 saturated carbocycles. The highest BCUT2D eigenvalue weighted by Crippen LogP contribution is 2.27. The molecule has 1 heterocycles. The minimum absolute atomic E-state index is 0.0196. The van der Waals surface area contributed by atoms with Gasteiger partial charge in [-0.25, -0.2) is 4.39 Å². The molecule has 0 amide bonds. The molecule has 7 heteroatoms. The molecule has 0 aliphatic carbocycles. The molecule has 1 fully saturated rings. The van der Waals surface area contributed by atoms with Crippen LogP contribution in [0.25, 0.3) is 0 Å². The van der Waals surface area contributed by atoms with Gasteiger partial charge in [-0.1, -0.05) is 12.1 Å². The average molecular weight is 279 g/mol. The molecule has 0 radical (unpaired) electrons. The van der Waals surface area contributed by atoms with Gasteiger partial charge in [0.25, 0.3) is 0 Å². The van der Waals surface area contributed by atoms with Gasteiger partial charge in [-0.2, -0.15) is 13.2 Å². The van der Waals surface area contributed by atoms with E-state index in [2.05, 4.69) is 4.74 Å². The third-order valence-electron chi connectivity index (χ3n) is 2.77. The zero-order chi connectivity index (χ0) is 14.0. The maximum Gasteiger partial charge on any atom is 0.422 e. The highest BCUT2D eigenvalue weighted by molar-refractivity contribution is 5.30. The molecule has 3 nitrogen and oxygen atoms in total. The van der Waals surface area contributed by atoms with E-state index in [0.29, 0.717) is 5.56 Å². The second kappa shape index (κ2) is 5.34. The first kappa shape index (κ1) is 14.1. The first-order valence-electron chi connectivity index (χ1n) is 5.71. The summed E-state index contributed by atoms with van der Waals surface area (Å²) in [6.45, 7) is -1.15. The molecule has 0 aromatic heterocycles. The molecule has 0 spiro atoms. The lowest BCUT2D eigenvalue weighted by atomic mass is 10.1. The van der Waals surface area contributed by atoms with Crippen molar-refractivity contribution in [2.45, 2.75) is 18.6 Å². The number of aliphatic hydroxyl groups excluding tert-OH is 1. The lowest BCUT2D eigenvalue weighted by molar-refractivity contribution is -0.153. The van der Waals surface area contributed by atoms with E-state index in [-0.39, 0.29) is 18.8 Å². The third kappa shape index (κ3) is 3.81. The summed E-state index contributed by atoms with van der Waals surface area (Å²) < 4.78 is 53.3. The topological polar surface area (TPSA) is 32.7 Å². The maximum absolute atomic E-state index is 12.7. The lowest BCUT2D eigenvalue weighted by Crippen LogP contribution is -2.49. The molecule has 1 aliphatic heterocycles. The number of hydrogen-bond donors (Lipinski definition) is 1. The largest absolute Gasteiger partial charge is 0.484 e. The predicted octanol–water partition coefficient (Wildman–Crippen LogP) is 2.27. The summed E-state index contributed by atoms with van der Waals surface area (Å²) in [4.78, 5) is 1.48. The molecule has 1 saturated heterocycles. The quantitative estimate of drug-likeness (QED) is 0.858. The molecular weight excluding hydrogens is 266 g/mol. The van der Waals surface area contributed by atoms with Crippen LogP contribution in [0.3, 0.4) is 0 Å². The Kier molecular flexibility index (Phi) is 3.96. The van der Waals surface area contributed by atoms with E-state index in [0.717, 1.165) is 0 Å². The molecular formula is C12H13F4NO2. The van der Waals surface area contributed by atoms with E-state index in [4.69, 9.17) is 0 Å². The monoisotopic (exact) mass is 279 g/mol. The summed E-state index contributed by atoms with van der Waals surface area (Å²) in [7, 11) is 0. The summed E-state index contributed by atoms with van der Waals surface area (Å²) in [6.07, 6.45) is -6.39. The molecule has 19 heavy (non-hydrogen) atoms. The summed E-state index contributed by atoms with van der Waals surface area (Å²) in [5, 5.41) is 9.89. The number of hydrogen-bond acceptors (Lipinski definition) is 3. The van der Waals surface area contributed by atoms with Crippen molar-refractivity contribution >= 4 is 0 Å². The van der Waals surface area contributed by atoms with Crippen molar-refractivity contribution in [1.82, 2.24) is 4.90 Å².